The zero-order chi connectivity index (χ0) is 24.5. The van der Waals surface area contributed by atoms with E-state index in [1.807, 2.05) is 25.1 Å². The Hall–Kier alpha value is -1.02. The van der Waals surface area contributed by atoms with Crippen LogP contribution in [0.4, 0.5) is 0 Å². The third-order valence-corrected chi connectivity index (χ3v) is 7.37. The molecule has 0 aliphatic carbocycles. The average molecular weight is 546 g/mol. The van der Waals surface area contributed by atoms with Crippen LogP contribution in [-0.2, 0) is 33.3 Å². The third kappa shape index (κ3) is 7.30. The van der Waals surface area contributed by atoms with Crippen LogP contribution in [0.5, 0.6) is 5.75 Å². The van der Waals surface area contributed by atoms with Crippen molar-refractivity contribution in [1.82, 2.24) is 5.32 Å². The van der Waals surface area contributed by atoms with Gasteiger partial charge < -0.3 is 19.2 Å². The van der Waals surface area contributed by atoms with Crippen molar-refractivity contribution in [3.8, 4) is 5.75 Å². The van der Waals surface area contributed by atoms with Gasteiger partial charge in [0.05, 0.1) is 9.79 Å². The average Bonchev–Trinajstić information content (AvgIpc) is 3.26. The molecular formula is C24H21NNa2O7S2. The van der Waals surface area contributed by atoms with Crippen LogP contribution in [0.3, 0.4) is 0 Å². The zero-order valence-corrected chi connectivity index (χ0v) is 25.7. The first-order chi connectivity index (χ1) is 16.0. The Bertz CT molecular complexity index is 1490. The monoisotopic (exact) mass is 545 g/mol. The molecule has 1 aliphatic heterocycles. The van der Waals surface area contributed by atoms with Gasteiger partial charge in [0.1, 0.15) is 32.1 Å². The molecule has 0 amide bonds. The van der Waals surface area contributed by atoms with Gasteiger partial charge >= 0.3 is 59.1 Å². The van der Waals surface area contributed by atoms with E-state index in [0.717, 1.165) is 29.8 Å². The first-order valence-electron chi connectivity index (χ1n) is 10.3. The SMILES string of the molecule is CC(Oc1ccc(C=Cc2ccccc2S(=O)(=O)[O-])c(S(=O)(=O)[O-])c1)c1cccc2c1CNC2.[Na+].[Na+]. The van der Waals surface area contributed by atoms with E-state index in [0.29, 0.717) is 6.54 Å². The minimum absolute atomic E-state index is 0. The smallest absolute Gasteiger partial charge is 0.744 e. The molecule has 36 heavy (non-hydrogen) atoms. The summed E-state index contributed by atoms with van der Waals surface area (Å²) in [6, 6.07) is 15.5. The van der Waals surface area contributed by atoms with E-state index in [-0.39, 0.29) is 76.0 Å². The van der Waals surface area contributed by atoms with E-state index in [1.165, 1.54) is 48.0 Å². The largest absolute Gasteiger partial charge is 1.00 e. The van der Waals surface area contributed by atoms with Crippen molar-refractivity contribution in [3.63, 3.8) is 0 Å². The van der Waals surface area contributed by atoms with Crippen molar-refractivity contribution in [2.75, 3.05) is 0 Å². The molecule has 0 radical (unpaired) electrons. The molecule has 0 fully saturated rings. The molecule has 0 bridgehead atoms. The van der Waals surface area contributed by atoms with Crippen molar-refractivity contribution in [3.05, 3.63) is 88.5 Å². The Balaban J connectivity index is 0.00000228. The molecule has 1 unspecified atom stereocenters. The minimum Gasteiger partial charge on any atom is -0.744 e. The van der Waals surface area contributed by atoms with Crippen molar-refractivity contribution in [1.29, 1.82) is 0 Å². The number of ether oxygens (including phenoxy) is 1. The van der Waals surface area contributed by atoms with Gasteiger partial charge in [0, 0.05) is 13.1 Å². The van der Waals surface area contributed by atoms with Crippen LogP contribution < -0.4 is 69.2 Å². The number of benzene rings is 3. The standard InChI is InChI=1S/C24H23NO7S2.2Na/c1-16(21-7-4-6-19-14-25-15-22(19)21)32-20-12-11-18(24(13-20)34(29,30)31)10-9-17-5-2-3-8-23(17)33(26,27)28;;/h2-13,16,25H,14-15H2,1H3,(H,26,27,28)(H,29,30,31);;/q;2*+1/p-2. The Morgan fingerprint density at radius 3 is 2.14 bits per heavy atom. The second-order valence-corrected chi connectivity index (χ2v) is 10.5. The summed E-state index contributed by atoms with van der Waals surface area (Å²) in [5.41, 5.74) is 3.40. The van der Waals surface area contributed by atoms with Crippen molar-refractivity contribution in [2.45, 2.75) is 35.9 Å². The summed E-state index contributed by atoms with van der Waals surface area (Å²) in [4.78, 5) is -0.965. The Morgan fingerprint density at radius 2 is 1.47 bits per heavy atom. The topological polar surface area (TPSA) is 136 Å². The van der Waals surface area contributed by atoms with E-state index in [9.17, 15) is 25.9 Å². The second-order valence-electron chi connectivity index (χ2n) is 7.83. The van der Waals surface area contributed by atoms with Crippen LogP contribution in [0.15, 0.2) is 70.5 Å². The predicted octanol–water partition coefficient (Wildman–Crippen LogP) is -2.58. The number of rotatable bonds is 7. The van der Waals surface area contributed by atoms with Gasteiger partial charge in [0.25, 0.3) is 0 Å². The molecule has 1 N–H and O–H groups in total. The van der Waals surface area contributed by atoms with Gasteiger partial charge in [-0.1, -0.05) is 54.6 Å². The molecule has 4 rings (SSSR count). The van der Waals surface area contributed by atoms with Gasteiger partial charge in [-0.05, 0) is 52.9 Å². The molecule has 0 aromatic heterocycles. The van der Waals surface area contributed by atoms with E-state index in [4.69, 9.17) is 4.74 Å². The Kier molecular flexibility index (Phi) is 11.0. The maximum Gasteiger partial charge on any atom is 1.00 e. The molecule has 12 heteroatoms. The summed E-state index contributed by atoms with van der Waals surface area (Å²) in [7, 11) is -9.61. The molecule has 8 nitrogen and oxygen atoms in total. The van der Waals surface area contributed by atoms with E-state index in [2.05, 4.69) is 5.32 Å². The van der Waals surface area contributed by atoms with Crippen LogP contribution in [0, 0.1) is 0 Å². The number of fused-ring (bicyclic) bond motifs is 1. The summed E-state index contributed by atoms with van der Waals surface area (Å²) < 4.78 is 76.2. The second kappa shape index (κ2) is 12.7. The fourth-order valence-corrected chi connectivity index (χ4v) is 5.33. The molecule has 0 saturated heterocycles. The summed E-state index contributed by atoms with van der Waals surface area (Å²) >= 11 is 0. The van der Waals surface area contributed by atoms with Crippen molar-refractivity contribution >= 4 is 32.4 Å². The summed E-state index contributed by atoms with van der Waals surface area (Å²) in [6.45, 7) is 3.32. The molecule has 1 heterocycles. The minimum atomic E-state index is -4.88. The molecule has 3 aromatic carbocycles. The number of hydrogen-bond donors (Lipinski definition) is 1. The first kappa shape index (κ1) is 31.2. The van der Waals surface area contributed by atoms with E-state index >= 15 is 0 Å². The number of nitrogens with one attached hydrogen (secondary N) is 1. The number of hydrogen-bond acceptors (Lipinski definition) is 8. The van der Waals surface area contributed by atoms with Crippen LogP contribution in [0.25, 0.3) is 12.2 Å². The van der Waals surface area contributed by atoms with E-state index < -0.39 is 36.1 Å². The molecule has 1 aliphatic rings. The predicted molar refractivity (Wildman–Crippen MR) is 124 cm³/mol. The molecule has 3 aromatic rings. The molecule has 1 atom stereocenters. The summed E-state index contributed by atoms with van der Waals surface area (Å²) in [6.07, 6.45) is 2.16. The van der Waals surface area contributed by atoms with Crippen molar-refractivity contribution in [2.24, 2.45) is 0 Å². The maximum atomic E-state index is 12.0. The Labute approximate surface area is 255 Å². The quantitative estimate of drug-likeness (QED) is 0.194. The molecule has 178 valence electrons. The summed E-state index contributed by atoms with van der Waals surface area (Å²) in [5, 5.41) is 3.28. The first-order valence-corrected chi connectivity index (χ1v) is 13.2. The molecule has 0 spiro atoms. The normalized spacial score (nSPS) is 14.0. The summed E-state index contributed by atoms with van der Waals surface area (Å²) in [5.74, 6) is 0.199. The van der Waals surface area contributed by atoms with Gasteiger partial charge in [0.15, 0.2) is 0 Å². The van der Waals surface area contributed by atoms with Gasteiger partial charge in [-0.3, -0.25) is 0 Å². The third-order valence-electron chi connectivity index (χ3n) is 5.56. The fourth-order valence-electron chi connectivity index (χ4n) is 3.97. The van der Waals surface area contributed by atoms with Crippen LogP contribution in [0.2, 0.25) is 0 Å². The maximum absolute atomic E-state index is 12.0. The molecule has 0 saturated carbocycles. The molecular weight excluding hydrogens is 524 g/mol. The van der Waals surface area contributed by atoms with Crippen molar-refractivity contribution < 1.29 is 89.8 Å². The van der Waals surface area contributed by atoms with E-state index in [1.54, 1.807) is 0 Å². The Morgan fingerprint density at radius 1 is 0.833 bits per heavy atom. The van der Waals surface area contributed by atoms with Crippen LogP contribution in [0.1, 0.15) is 40.8 Å². The van der Waals surface area contributed by atoms with Crippen LogP contribution >= 0.6 is 0 Å². The van der Waals surface area contributed by atoms with Crippen LogP contribution in [-0.4, -0.2) is 25.9 Å². The van der Waals surface area contributed by atoms with Gasteiger partial charge in [-0.25, -0.2) is 16.8 Å². The van der Waals surface area contributed by atoms with Gasteiger partial charge in [-0.15, -0.1) is 0 Å². The fraction of sp³-hybridized carbons (Fsp3) is 0.167. The van der Waals surface area contributed by atoms with Gasteiger partial charge in [-0.2, -0.15) is 0 Å². The zero-order valence-electron chi connectivity index (χ0n) is 20.1. The van der Waals surface area contributed by atoms with Gasteiger partial charge in [0.2, 0.25) is 0 Å².